The maximum atomic E-state index is 12.8. The first kappa shape index (κ1) is 26.9. The highest BCUT2D eigenvalue weighted by Gasteiger charge is 2.20. The van der Waals surface area contributed by atoms with E-state index in [0.29, 0.717) is 48.8 Å². The molecule has 2 aliphatic rings. The number of hydrogen-bond acceptors (Lipinski definition) is 8. The molecule has 0 radical (unpaired) electrons. The fraction of sp³-hybridized carbons (Fsp3) is 0.267. The van der Waals surface area contributed by atoms with E-state index in [1.54, 1.807) is 24.4 Å². The predicted molar refractivity (Wildman–Crippen MR) is 161 cm³/mol. The minimum Gasteiger partial charge on any atom is -0.378 e. The monoisotopic (exact) mass is 571 g/mol. The molecular weight excluding hydrogens is 542 g/mol. The number of hydrogen-bond donors (Lipinski definition) is 2. The summed E-state index contributed by atoms with van der Waals surface area (Å²) < 4.78 is 11.1. The quantitative estimate of drug-likeness (QED) is 0.326. The smallest absolute Gasteiger partial charge is 0.323 e. The number of anilines is 4. The van der Waals surface area contributed by atoms with Crippen molar-refractivity contribution >= 4 is 40.8 Å². The van der Waals surface area contributed by atoms with E-state index in [0.717, 1.165) is 54.5 Å². The van der Waals surface area contributed by atoms with Crippen LogP contribution >= 0.6 is 11.6 Å². The van der Waals surface area contributed by atoms with Crippen LogP contribution in [-0.2, 0) is 9.47 Å². The van der Waals surface area contributed by atoms with Crippen LogP contribution in [0.5, 0.6) is 0 Å². The number of amides is 2. The number of morpholine rings is 2. The van der Waals surface area contributed by atoms with E-state index < -0.39 is 0 Å². The first-order chi connectivity index (χ1) is 20.1. The van der Waals surface area contributed by atoms with Gasteiger partial charge in [-0.15, -0.1) is 0 Å². The van der Waals surface area contributed by atoms with E-state index in [4.69, 9.17) is 31.0 Å². The molecule has 0 atom stereocenters. The molecule has 2 N–H and O–H groups in total. The van der Waals surface area contributed by atoms with E-state index in [1.165, 1.54) is 0 Å². The topological polar surface area (TPSA) is 105 Å². The van der Waals surface area contributed by atoms with E-state index >= 15 is 0 Å². The summed E-state index contributed by atoms with van der Waals surface area (Å²) in [6.45, 7) is 5.74. The third kappa shape index (κ3) is 6.57. The third-order valence-electron chi connectivity index (χ3n) is 6.93. The molecule has 11 heteroatoms. The summed E-state index contributed by atoms with van der Waals surface area (Å²) in [5.41, 5.74) is 4.49. The summed E-state index contributed by atoms with van der Waals surface area (Å²) in [7, 11) is 0. The number of carbonyl (C=O) groups excluding carboxylic acids is 1. The predicted octanol–water partition coefficient (Wildman–Crippen LogP) is 5.18. The molecule has 0 aliphatic carbocycles. The normalized spacial score (nSPS) is 15.4. The number of urea groups is 1. The Morgan fingerprint density at radius 2 is 1.44 bits per heavy atom. The molecule has 2 aromatic heterocycles. The van der Waals surface area contributed by atoms with Gasteiger partial charge in [0.25, 0.3) is 0 Å². The summed E-state index contributed by atoms with van der Waals surface area (Å²) in [6, 6.07) is 20.2. The second-order valence-corrected chi connectivity index (χ2v) is 10.1. The zero-order valence-corrected chi connectivity index (χ0v) is 23.2. The molecule has 2 fully saturated rings. The summed E-state index contributed by atoms with van der Waals surface area (Å²) in [6.07, 6.45) is 1.70. The van der Waals surface area contributed by atoms with Crippen molar-refractivity contribution in [2.45, 2.75) is 0 Å². The molecule has 41 heavy (non-hydrogen) atoms. The molecule has 2 aliphatic heterocycles. The van der Waals surface area contributed by atoms with Gasteiger partial charge in [0.05, 0.1) is 42.8 Å². The van der Waals surface area contributed by atoms with Crippen LogP contribution in [0.1, 0.15) is 0 Å². The van der Waals surface area contributed by atoms with Crippen molar-refractivity contribution in [3.05, 3.63) is 77.9 Å². The number of halogens is 1. The van der Waals surface area contributed by atoms with Gasteiger partial charge in [0, 0.05) is 60.9 Å². The molecule has 0 unspecified atom stereocenters. The van der Waals surface area contributed by atoms with Crippen LogP contribution in [0, 0.1) is 0 Å². The lowest BCUT2D eigenvalue weighted by Gasteiger charge is -2.31. The van der Waals surface area contributed by atoms with Gasteiger partial charge < -0.3 is 29.9 Å². The molecule has 0 bridgehead atoms. The van der Waals surface area contributed by atoms with E-state index in [-0.39, 0.29) is 6.03 Å². The van der Waals surface area contributed by atoms with E-state index in [2.05, 4.69) is 25.4 Å². The number of carbonyl (C=O) groups is 1. The lowest BCUT2D eigenvalue weighted by Crippen LogP contribution is -2.39. The number of pyridine rings is 1. The highest BCUT2D eigenvalue weighted by molar-refractivity contribution is 6.33. The van der Waals surface area contributed by atoms with Crippen LogP contribution < -0.4 is 20.4 Å². The van der Waals surface area contributed by atoms with Crippen molar-refractivity contribution in [2.75, 3.05) is 73.0 Å². The van der Waals surface area contributed by atoms with Crippen molar-refractivity contribution in [3.8, 4) is 22.5 Å². The van der Waals surface area contributed by atoms with Crippen LogP contribution in [0.3, 0.4) is 0 Å². The SMILES string of the molecule is O=C(Nc1ccc(-c2cc(N3CCOCC3)nc(N3CCOCC3)n2)cc1)Nc1ccc(Cl)c(-c2ccccn2)c1. The number of nitrogens with one attached hydrogen (secondary N) is 2. The second kappa shape index (κ2) is 12.5. The highest BCUT2D eigenvalue weighted by atomic mass is 35.5. The van der Waals surface area contributed by atoms with Crippen LogP contribution in [0.2, 0.25) is 5.02 Å². The Balaban J connectivity index is 1.17. The Labute approximate surface area is 243 Å². The van der Waals surface area contributed by atoms with Crippen molar-refractivity contribution < 1.29 is 14.3 Å². The molecule has 4 heterocycles. The fourth-order valence-corrected chi connectivity index (χ4v) is 4.98. The van der Waals surface area contributed by atoms with E-state index in [9.17, 15) is 4.79 Å². The maximum Gasteiger partial charge on any atom is 0.323 e. The summed E-state index contributed by atoms with van der Waals surface area (Å²) in [5, 5.41) is 6.33. The lowest BCUT2D eigenvalue weighted by atomic mass is 10.1. The maximum absolute atomic E-state index is 12.8. The van der Waals surface area contributed by atoms with Gasteiger partial charge in [-0.05, 0) is 42.5 Å². The summed E-state index contributed by atoms with van der Waals surface area (Å²) in [4.78, 5) is 31.3. The van der Waals surface area contributed by atoms with Gasteiger partial charge >= 0.3 is 6.03 Å². The highest BCUT2D eigenvalue weighted by Crippen LogP contribution is 2.30. The zero-order chi connectivity index (χ0) is 28.0. The van der Waals surface area contributed by atoms with Crippen molar-refractivity contribution in [1.29, 1.82) is 0 Å². The van der Waals surface area contributed by atoms with Gasteiger partial charge in [-0.3, -0.25) is 4.98 Å². The molecule has 210 valence electrons. The largest absolute Gasteiger partial charge is 0.378 e. The fourth-order valence-electron chi connectivity index (χ4n) is 4.77. The van der Waals surface area contributed by atoms with Gasteiger partial charge in [0.1, 0.15) is 5.82 Å². The molecule has 0 saturated carbocycles. The number of benzene rings is 2. The minimum atomic E-state index is -0.363. The molecule has 2 aromatic carbocycles. The van der Waals surface area contributed by atoms with Crippen LogP contribution in [-0.4, -0.2) is 73.6 Å². The first-order valence-electron chi connectivity index (χ1n) is 13.6. The minimum absolute atomic E-state index is 0.363. The molecule has 4 aromatic rings. The molecule has 0 spiro atoms. The van der Waals surface area contributed by atoms with Crippen molar-refractivity contribution in [3.63, 3.8) is 0 Å². The number of aromatic nitrogens is 3. The standard InChI is InChI=1S/C30H30ClN7O3/c31-25-9-8-23(19-24(25)26-3-1-2-10-32-26)34-30(39)33-22-6-4-21(5-7-22)27-20-28(37-11-15-40-16-12-37)36-29(35-27)38-13-17-41-18-14-38/h1-10,19-20H,11-18H2,(H2,33,34,39). The molecule has 6 rings (SSSR count). The second-order valence-electron chi connectivity index (χ2n) is 9.68. The van der Waals surface area contributed by atoms with Gasteiger partial charge in [-0.2, -0.15) is 4.98 Å². The summed E-state index contributed by atoms with van der Waals surface area (Å²) in [5.74, 6) is 1.58. The molecule has 2 amide bonds. The van der Waals surface area contributed by atoms with Gasteiger partial charge in [0.2, 0.25) is 5.95 Å². The average molecular weight is 572 g/mol. The van der Waals surface area contributed by atoms with Gasteiger partial charge in [-0.25, -0.2) is 9.78 Å². The van der Waals surface area contributed by atoms with E-state index in [1.807, 2.05) is 48.5 Å². The van der Waals surface area contributed by atoms with Crippen molar-refractivity contribution in [1.82, 2.24) is 15.0 Å². The zero-order valence-electron chi connectivity index (χ0n) is 22.4. The van der Waals surface area contributed by atoms with Crippen molar-refractivity contribution in [2.24, 2.45) is 0 Å². The number of ether oxygens (including phenoxy) is 2. The van der Waals surface area contributed by atoms with Crippen LogP contribution in [0.15, 0.2) is 72.9 Å². The average Bonchev–Trinajstić information content (AvgIpc) is 3.03. The Bertz CT molecular complexity index is 1460. The third-order valence-corrected chi connectivity index (χ3v) is 7.26. The Morgan fingerprint density at radius 3 is 2.15 bits per heavy atom. The number of rotatable bonds is 6. The van der Waals surface area contributed by atoms with Crippen LogP contribution in [0.25, 0.3) is 22.5 Å². The molecular formula is C30H30ClN7O3. The number of nitrogens with zero attached hydrogens (tertiary/aromatic N) is 5. The van der Waals surface area contributed by atoms with Crippen LogP contribution in [0.4, 0.5) is 27.9 Å². The van der Waals surface area contributed by atoms with Gasteiger partial charge in [0.15, 0.2) is 0 Å². The Kier molecular flexibility index (Phi) is 8.22. The molecule has 10 nitrogen and oxygen atoms in total. The first-order valence-corrected chi connectivity index (χ1v) is 13.9. The summed E-state index contributed by atoms with van der Waals surface area (Å²) >= 11 is 6.38. The Morgan fingerprint density at radius 1 is 0.756 bits per heavy atom. The van der Waals surface area contributed by atoms with Gasteiger partial charge in [-0.1, -0.05) is 29.8 Å². The lowest BCUT2D eigenvalue weighted by molar-refractivity contribution is 0.121. The Hall–Kier alpha value is -4.25. The molecule has 2 saturated heterocycles.